The van der Waals surface area contributed by atoms with E-state index in [4.69, 9.17) is 16.0 Å². The molecule has 78 valence electrons. The molecule has 0 aliphatic heterocycles. The molecule has 1 atom stereocenters. The van der Waals surface area contributed by atoms with Crippen LogP contribution in [-0.4, -0.2) is 10.1 Å². The minimum absolute atomic E-state index is 0.107. The van der Waals surface area contributed by atoms with Crippen molar-refractivity contribution < 1.29 is 13.9 Å². The van der Waals surface area contributed by atoms with Crippen LogP contribution < -0.4 is 0 Å². The fourth-order valence-electron chi connectivity index (χ4n) is 1.24. The smallest absolute Gasteiger partial charge is 0.193 e. The van der Waals surface area contributed by atoms with Crippen molar-refractivity contribution in [2.24, 2.45) is 0 Å². The topological polar surface area (TPSA) is 46.3 Å². The molecule has 0 radical (unpaired) electrons. The van der Waals surface area contributed by atoms with Crippen molar-refractivity contribution in [1.82, 2.24) is 4.98 Å². The Kier molecular flexibility index (Phi) is 2.70. The summed E-state index contributed by atoms with van der Waals surface area (Å²) >= 11 is 5.55. The molecule has 2 aromatic heterocycles. The molecule has 2 aromatic rings. The van der Waals surface area contributed by atoms with Gasteiger partial charge >= 0.3 is 0 Å². The number of hydrogen-bond donors (Lipinski definition) is 1. The van der Waals surface area contributed by atoms with Gasteiger partial charge in [-0.3, -0.25) is 4.98 Å². The molecule has 0 saturated carbocycles. The van der Waals surface area contributed by atoms with Crippen LogP contribution in [0.1, 0.15) is 17.4 Å². The van der Waals surface area contributed by atoms with E-state index in [0.29, 0.717) is 0 Å². The van der Waals surface area contributed by atoms with E-state index in [-0.39, 0.29) is 16.5 Å². The van der Waals surface area contributed by atoms with Crippen molar-refractivity contribution >= 4 is 11.6 Å². The monoisotopic (exact) mass is 227 g/mol. The Bertz CT molecular complexity index is 472. The van der Waals surface area contributed by atoms with E-state index in [0.717, 1.165) is 6.20 Å². The number of hydrogen-bond acceptors (Lipinski definition) is 3. The second-order valence-electron chi connectivity index (χ2n) is 2.94. The van der Waals surface area contributed by atoms with Crippen molar-refractivity contribution in [3.8, 4) is 0 Å². The summed E-state index contributed by atoms with van der Waals surface area (Å²) in [6.07, 6.45) is 1.26. The van der Waals surface area contributed by atoms with Crippen molar-refractivity contribution in [2.45, 2.75) is 6.10 Å². The quantitative estimate of drug-likeness (QED) is 0.858. The van der Waals surface area contributed by atoms with Gasteiger partial charge in [0.1, 0.15) is 17.7 Å². The molecule has 5 heteroatoms. The molecule has 2 rings (SSSR count). The second-order valence-corrected chi connectivity index (χ2v) is 3.31. The fourth-order valence-corrected chi connectivity index (χ4v) is 1.39. The Hall–Kier alpha value is -1.39. The van der Waals surface area contributed by atoms with Gasteiger partial charge in [-0.25, -0.2) is 4.39 Å². The summed E-state index contributed by atoms with van der Waals surface area (Å²) < 4.78 is 18.2. The number of rotatable bonds is 2. The van der Waals surface area contributed by atoms with Crippen LogP contribution in [0.4, 0.5) is 4.39 Å². The average molecular weight is 228 g/mol. The van der Waals surface area contributed by atoms with Crippen molar-refractivity contribution in [3.05, 3.63) is 53.0 Å². The van der Waals surface area contributed by atoms with Crippen LogP contribution in [-0.2, 0) is 0 Å². The maximum absolute atomic E-state index is 13.2. The van der Waals surface area contributed by atoms with Crippen LogP contribution in [0.3, 0.4) is 0 Å². The van der Waals surface area contributed by atoms with Gasteiger partial charge in [0, 0.05) is 11.8 Å². The van der Waals surface area contributed by atoms with E-state index in [1.165, 1.54) is 24.4 Å². The number of aromatic nitrogens is 1. The first-order chi connectivity index (χ1) is 7.18. The predicted octanol–water partition coefficient (Wildman–Crippen LogP) is 2.55. The van der Waals surface area contributed by atoms with Crippen LogP contribution in [0.25, 0.3) is 0 Å². The SMILES string of the molecule is OC(c1ccc(Cl)o1)c1ccncc1F. The highest BCUT2D eigenvalue weighted by Crippen LogP contribution is 2.26. The van der Waals surface area contributed by atoms with Crippen molar-refractivity contribution in [1.29, 1.82) is 0 Å². The molecule has 2 heterocycles. The lowest BCUT2D eigenvalue weighted by atomic mass is 10.1. The van der Waals surface area contributed by atoms with Gasteiger partial charge in [-0.05, 0) is 29.8 Å². The Morgan fingerprint density at radius 3 is 2.80 bits per heavy atom. The third-order valence-electron chi connectivity index (χ3n) is 1.96. The lowest BCUT2D eigenvalue weighted by molar-refractivity contribution is 0.184. The molecular formula is C10H7ClFNO2. The van der Waals surface area contributed by atoms with Crippen molar-refractivity contribution in [3.63, 3.8) is 0 Å². The zero-order valence-electron chi connectivity index (χ0n) is 7.52. The fraction of sp³-hybridized carbons (Fsp3) is 0.100. The van der Waals surface area contributed by atoms with E-state index in [9.17, 15) is 9.50 Å². The Morgan fingerprint density at radius 2 is 2.20 bits per heavy atom. The summed E-state index contributed by atoms with van der Waals surface area (Å²) in [6, 6.07) is 4.36. The minimum atomic E-state index is -1.17. The van der Waals surface area contributed by atoms with Gasteiger partial charge in [-0.2, -0.15) is 0 Å². The van der Waals surface area contributed by atoms with E-state index in [1.807, 2.05) is 0 Å². The molecule has 0 bridgehead atoms. The van der Waals surface area contributed by atoms with E-state index >= 15 is 0 Å². The Labute approximate surface area is 90.1 Å². The van der Waals surface area contributed by atoms with Crippen LogP contribution in [0.15, 0.2) is 35.0 Å². The second kappa shape index (κ2) is 4.00. The summed E-state index contributed by atoms with van der Waals surface area (Å²) in [6.45, 7) is 0. The molecule has 1 N–H and O–H groups in total. The molecule has 3 nitrogen and oxygen atoms in total. The molecule has 0 amide bonds. The largest absolute Gasteiger partial charge is 0.447 e. The first kappa shape index (κ1) is 10.1. The standard InChI is InChI=1S/C10H7ClFNO2/c11-9-2-1-8(15-9)10(14)6-3-4-13-5-7(6)12/h1-5,10,14H. The van der Waals surface area contributed by atoms with E-state index < -0.39 is 11.9 Å². The number of aliphatic hydroxyl groups is 1. The number of pyridine rings is 1. The van der Waals surface area contributed by atoms with Gasteiger partial charge in [0.2, 0.25) is 0 Å². The minimum Gasteiger partial charge on any atom is -0.447 e. The number of halogens is 2. The van der Waals surface area contributed by atoms with Gasteiger partial charge < -0.3 is 9.52 Å². The van der Waals surface area contributed by atoms with Crippen LogP contribution in [0, 0.1) is 5.82 Å². The van der Waals surface area contributed by atoms with Gasteiger partial charge in [-0.1, -0.05) is 0 Å². The first-order valence-corrected chi connectivity index (χ1v) is 4.59. The summed E-state index contributed by atoms with van der Waals surface area (Å²) in [5, 5.41) is 9.92. The summed E-state index contributed by atoms with van der Waals surface area (Å²) in [5.74, 6) is -0.386. The van der Waals surface area contributed by atoms with Gasteiger partial charge in [0.25, 0.3) is 0 Å². The molecule has 1 unspecified atom stereocenters. The number of furan rings is 1. The normalized spacial score (nSPS) is 12.7. The highest BCUT2D eigenvalue weighted by Gasteiger charge is 2.17. The zero-order valence-corrected chi connectivity index (χ0v) is 8.28. The molecule has 0 aliphatic carbocycles. The number of nitrogens with zero attached hydrogens (tertiary/aromatic N) is 1. The Morgan fingerprint density at radius 1 is 1.40 bits per heavy atom. The highest BCUT2D eigenvalue weighted by molar-refractivity contribution is 6.28. The molecule has 0 saturated heterocycles. The summed E-state index contributed by atoms with van der Waals surface area (Å²) in [4.78, 5) is 3.58. The van der Waals surface area contributed by atoms with Gasteiger partial charge in [-0.15, -0.1) is 0 Å². The zero-order chi connectivity index (χ0) is 10.8. The first-order valence-electron chi connectivity index (χ1n) is 4.21. The van der Waals surface area contributed by atoms with Gasteiger partial charge in [0.15, 0.2) is 5.22 Å². The highest BCUT2D eigenvalue weighted by atomic mass is 35.5. The van der Waals surface area contributed by atoms with Crippen LogP contribution >= 0.6 is 11.6 Å². The van der Waals surface area contributed by atoms with Crippen molar-refractivity contribution in [2.75, 3.05) is 0 Å². The summed E-state index contributed by atoms with van der Waals surface area (Å²) in [7, 11) is 0. The molecular weight excluding hydrogens is 221 g/mol. The van der Waals surface area contributed by atoms with Gasteiger partial charge in [0.05, 0.1) is 6.20 Å². The maximum atomic E-state index is 13.2. The number of aliphatic hydroxyl groups excluding tert-OH is 1. The third-order valence-corrected chi connectivity index (χ3v) is 2.17. The molecule has 0 aliphatic rings. The van der Waals surface area contributed by atoms with Crippen LogP contribution in [0.5, 0.6) is 0 Å². The predicted molar refractivity (Wildman–Crippen MR) is 52.0 cm³/mol. The third kappa shape index (κ3) is 2.00. The Balaban J connectivity index is 2.36. The average Bonchev–Trinajstić information content (AvgIpc) is 2.65. The maximum Gasteiger partial charge on any atom is 0.193 e. The van der Waals surface area contributed by atoms with Crippen LogP contribution in [0.2, 0.25) is 5.22 Å². The lowest BCUT2D eigenvalue weighted by Gasteiger charge is -2.07. The molecule has 0 fully saturated rings. The molecule has 15 heavy (non-hydrogen) atoms. The van der Waals surface area contributed by atoms with E-state index in [2.05, 4.69) is 4.98 Å². The lowest BCUT2D eigenvalue weighted by Crippen LogP contribution is -2.01. The molecule has 0 aromatic carbocycles. The summed E-state index contributed by atoms with van der Waals surface area (Å²) in [5.41, 5.74) is 0.107. The van der Waals surface area contributed by atoms with E-state index in [1.54, 1.807) is 0 Å². The molecule has 0 spiro atoms.